The summed E-state index contributed by atoms with van der Waals surface area (Å²) in [5.74, 6) is 0. The lowest BCUT2D eigenvalue weighted by Gasteiger charge is -1.91. The van der Waals surface area contributed by atoms with Crippen molar-refractivity contribution >= 4 is 21.2 Å². The van der Waals surface area contributed by atoms with E-state index >= 15 is 0 Å². The molecule has 0 aliphatic rings. The number of H-pyrrole nitrogens is 2. The van der Waals surface area contributed by atoms with Crippen LogP contribution in [0.2, 0.25) is 0 Å². The Morgan fingerprint density at radius 3 is 2.71 bits per heavy atom. The first kappa shape index (κ1) is 8.91. The maximum atomic E-state index is 11.2. The number of hydrogen-bond donors (Lipinski definition) is 3. The molecular formula is C6H5N3O4S. The molecule has 0 aliphatic carbocycles. The Kier molecular flexibility index (Phi) is 1.69. The number of aromatic amines is 2. The summed E-state index contributed by atoms with van der Waals surface area (Å²) in [5.41, 5.74) is -0.509. The molecule has 8 heteroatoms. The number of fused-ring (bicyclic) bond motifs is 1. The molecule has 0 aromatic carbocycles. The summed E-state index contributed by atoms with van der Waals surface area (Å²) < 4.78 is 30.4. The second-order valence-corrected chi connectivity index (χ2v) is 3.97. The number of aromatic nitrogens is 3. The van der Waals surface area contributed by atoms with E-state index in [0.29, 0.717) is 0 Å². The van der Waals surface area contributed by atoms with E-state index in [1.54, 1.807) is 0 Å². The fraction of sp³-hybridized carbons (Fsp3) is 0. The summed E-state index contributed by atoms with van der Waals surface area (Å²) in [7, 11) is -4.40. The highest BCUT2D eigenvalue weighted by atomic mass is 32.2. The summed E-state index contributed by atoms with van der Waals surface area (Å²) in [6.07, 6.45) is 2.15. The van der Waals surface area contributed by atoms with Crippen LogP contribution < -0.4 is 5.56 Å². The monoisotopic (exact) mass is 215 g/mol. The van der Waals surface area contributed by atoms with Crippen LogP contribution in [0, 0.1) is 0 Å². The fourth-order valence-electron chi connectivity index (χ4n) is 1.15. The third kappa shape index (κ3) is 1.20. The van der Waals surface area contributed by atoms with Gasteiger partial charge in [0.15, 0.2) is 0 Å². The molecule has 0 unspecified atom stereocenters. The summed E-state index contributed by atoms with van der Waals surface area (Å²) in [4.78, 5) is 19.1. The van der Waals surface area contributed by atoms with Crippen molar-refractivity contribution in [2.24, 2.45) is 0 Å². The number of nitrogens with one attached hydrogen (secondary N) is 2. The molecule has 0 atom stereocenters. The van der Waals surface area contributed by atoms with Gasteiger partial charge in [-0.2, -0.15) is 8.42 Å². The fourth-order valence-corrected chi connectivity index (χ4v) is 1.80. The zero-order valence-electron chi connectivity index (χ0n) is 6.68. The van der Waals surface area contributed by atoms with Crippen LogP contribution in [0.1, 0.15) is 0 Å². The quantitative estimate of drug-likeness (QED) is 0.554. The summed E-state index contributed by atoms with van der Waals surface area (Å²) in [5, 5.41) is -0.171. The number of hydrogen-bond acceptors (Lipinski definition) is 4. The van der Waals surface area contributed by atoms with Gasteiger partial charge in [0.1, 0.15) is 15.9 Å². The minimum atomic E-state index is -4.40. The largest absolute Gasteiger partial charge is 0.344 e. The Bertz CT molecular complexity index is 638. The zero-order chi connectivity index (χ0) is 10.3. The first-order valence-electron chi connectivity index (χ1n) is 3.52. The first-order chi connectivity index (χ1) is 6.50. The van der Waals surface area contributed by atoms with Gasteiger partial charge in [0.05, 0.1) is 6.33 Å². The van der Waals surface area contributed by atoms with E-state index in [-0.39, 0.29) is 11.0 Å². The van der Waals surface area contributed by atoms with Gasteiger partial charge in [-0.15, -0.1) is 0 Å². The third-order valence-electron chi connectivity index (χ3n) is 1.72. The maximum Gasteiger partial charge on any atom is 0.296 e. The van der Waals surface area contributed by atoms with Crippen molar-refractivity contribution < 1.29 is 13.0 Å². The molecule has 74 valence electrons. The van der Waals surface area contributed by atoms with Gasteiger partial charge < -0.3 is 9.97 Å². The average molecular weight is 215 g/mol. The second-order valence-electron chi connectivity index (χ2n) is 2.58. The van der Waals surface area contributed by atoms with Crippen LogP contribution >= 0.6 is 0 Å². The Hall–Kier alpha value is -1.67. The molecule has 0 fully saturated rings. The molecule has 0 radical (unpaired) electrons. The van der Waals surface area contributed by atoms with E-state index in [9.17, 15) is 13.2 Å². The number of nitrogens with zero attached hydrogens (tertiary/aromatic N) is 1. The van der Waals surface area contributed by atoms with Gasteiger partial charge in [-0.05, 0) is 0 Å². The van der Waals surface area contributed by atoms with E-state index in [0.717, 1.165) is 12.5 Å². The molecule has 0 bridgehead atoms. The van der Waals surface area contributed by atoms with Crippen molar-refractivity contribution in [2.45, 2.75) is 4.90 Å². The molecule has 2 rings (SSSR count). The van der Waals surface area contributed by atoms with Crippen LogP contribution in [0.4, 0.5) is 0 Å². The Morgan fingerprint density at radius 2 is 2.07 bits per heavy atom. The van der Waals surface area contributed by atoms with Gasteiger partial charge in [-0.1, -0.05) is 0 Å². The first-order valence-corrected chi connectivity index (χ1v) is 4.96. The highest BCUT2D eigenvalue weighted by Gasteiger charge is 2.18. The Labute approximate surface area is 77.6 Å². The van der Waals surface area contributed by atoms with Gasteiger partial charge >= 0.3 is 0 Å². The van der Waals surface area contributed by atoms with Crippen molar-refractivity contribution in [3.63, 3.8) is 0 Å². The molecule has 2 heterocycles. The van der Waals surface area contributed by atoms with Crippen LogP contribution in [0.3, 0.4) is 0 Å². The van der Waals surface area contributed by atoms with Gasteiger partial charge in [-0.25, -0.2) is 4.98 Å². The molecule has 2 aromatic heterocycles. The molecule has 0 aliphatic heterocycles. The van der Waals surface area contributed by atoms with Crippen LogP contribution in [-0.4, -0.2) is 27.9 Å². The highest BCUT2D eigenvalue weighted by molar-refractivity contribution is 7.86. The van der Waals surface area contributed by atoms with Crippen molar-refractivity contribution in [1.29, 1.82) is 0 Å². The van der Waals surface area contributed by atoms with Crippen molar-refractivity contribution in [2.75, 3.05) is 0 Å². The molecule has 0 saturated heterocycles. The van der Waals surface area contributed by atoms with E-state index < -0.39 is 20.6 Å². The van der Waals surface area contributed by atoms with E-state index in [1.165, 1.54) is 0 Å². The predicted molar refractivity (Wildman–Crippen MR) is 46.5 cm³/mol. The molecule has 2 aromatic rings. The molecule has 0 saturated carbocycles. The molecule has 0 amide bonds. The van der Waals surface area contributed by atoms with Crippen LogP contribution in [0.5, 0.6) is 0 Å². The van der Waals surface area contributed by atoms with Gasteiger partial charge in [0.2, 0.25) is 0 Å². The van der Waals surface area contributed by atoms with E-state index in [1.807, 2.05) is 0 Å². The summed E-state index contributed by atoms with van der Waals surface area (Å²) >= 11 is 0. The second kappa shape index (κ2) is 2.66. The van der Waals surface area contributed by atoms with Crippen molar-refractivity contribution in [3.05, 3.63) is 22.9 Å². The Balaban J connectivity index is 3.02. The van der Waals surface area contributed by atoms with Crippen LogP contribution in [0.25, 0.3) is 11.0 Å². The van der Waals surface area contributed by atoms with Gasteiger partial charge in [-0.3, -0.25) is 9.35 Å². The standard InChI is InChI=1S/C6H5N3O4S/c10-6-4-3(14(11,12)13)1-7-5(4)8-2-9-6/h1-2H,(H,11,12,13)(H2,7,8,9,10). The highest BCUT2D eigenvalue weighted by Crippen LogP contribution is 2.16. The zero-order valence-corrected chi connectivity index (χ0v) is 7.50. The van der Waals surface area contributed by atoms with Crippen LogP contribution in [0.15, 0.2) is 22.2 Å². The summed E-state index contributed by atoms with van der Waals surface area (Å²) in [6, 6.07) is 0. The molecule has 14 heavy (non-hydrogen) atoms. The maximum absolute atomic E-state index is 11.2. The topological polar surface area (TPSA) is 116 Å². The van der Waals surface area contributed by atoms with Crippen LogP contribution in [-0.2, 0) is 10.1 Å². The van der Waals surface area contributed by atoms with Gasteiger partial charge in [0.25, 0.3) is 15.7 Å². The lowest BCUT2D eigenvalue weighted by atomic mass is 10.4. The summed E-state index contributed by atoms with van der Waals surface area (Å²) in [6.45, 7) is 0. The van der Waals surface area contributed by atoms with Gasteiger partial charge in [0, 0.05) is 6.20 Å². The van der Waals surface area contributed by atoms with E-state index in [4.69, 9.17) is 4.55 Å². The smallest absolute Gasteiger partial charge is 0.296 e. The van der Waals surface area contributed by atoms with Crippen molar-refractivity contribution in [1.82, 2.24) is 15.0 Å². The Morgan fingerprint density at radius 1 is 1.36 bits per heavy atom. The SMILES string of the molecule is O=c1[nH]cnc2[nH]cc(S(=O)(=O)O)c12. The molecule has 0 spiro atoms. The lowest BCUT2D eigenvalue weighted by molar-refractivity contribution is 0.484. The minimum absolute atomic E-state index is 0.112. The third-order valence-corrected chi connectivity index (χ3v) is 2.60. The minimum Gasteiger partial charge on any atom is -0.344 e. The van der Waals surface area contributed by atoms with Crippen molar-refractivity contribution in [3.8, 4) is 0 Å². The predicted octanol–water partition coefficient (Wildman–Crippen LogP) is -0.502. The number of rotatable bonds is 1. The lowest BCUT2D eigenvalue weighted by Crippen LogP contribution is -2.09. The van der Waals surface area contributed by atoms with E-state index in [2.05, 4.69) is 15.0 Å². The molecular weight excluding hydrogens is 210 g/mol. The molecule has 3 N–H and O–H groups in total. The normalized spacial score (nSPS) is 12.1. The average Bonchev–Trinajstić information content (AvgIpc) is 2.47. The molecule has 7 nitrogen and oxygen atoms in total.